The molecule has 0 aromatic heterocycles. The van der Waals surface area contributed by atoms with E-state index < -0.39 is 46.5 Å². The van der Waals surface area contributed by atoms with Gasteiger partial charge in [0.05, 0.1) is 6.10 Å². The molecule has 0 radical (unpaired) electrons. The molecule has 6 heteroatoms. The topological polar surface area (TPSA) is 94.8 Å². The molecular formula is C21H29FO5. The maximum absolute atomic E-state index is 16.8. The van der Waals surface area contributed by atoms with Gasteiger partial charge < -0.3 is 15.3 Å². The van der Waals surface area contributed by atoms with E-state index in [1.807, 2.05) is 6.92 Å². The van der Waals surface area contributed by atoms with Crippen molar-refractivity contribution < 1.29 is 29.3 Å². The molecule has 0 amide bonds. The second kappa shape index (κ2) is 5.71. The smallest absolute Gasteiger partial charge is 0.190 e. The summed E-state index contributed by atoms with van der Waals surface area (Å²) in [5.41, 5.74) is -4.68. The van der Waals surface area contributed by atoms with Crippen LogP contribution in [0.25, 0.3) is 0 Å². The monoisotopic (exact) mass is 380 g/mol. The van der Waals surface area contributed by atoms with E-state index in [-0.39, 0.29) is 31.0 Å². The Morgan fingerprint density at radius 2 is 1.93 bits per heavy atom. The van der Waals surface area contributed by atoms with Crippen LogP contribution in [0.2, 0.25) is 0 Å². The SMILES string of the molecule is C[C@]12CCC(=O)C=C1CC[C@H]1C3CCC(O)(C(=O)CO)[C@@]3(C)C[C@H](O)C12F. The third-order valence-corrected chi connectivity index (χ3v) is 8.80. The van der Waals surface area contributed by atoms with E-state index in [1.165, 1.54) is 0 Å². The molecule has 0 heterocycles. The van der Waals surface area contributed by atoms with E-state index in [0.29, 0.717) is 25.7 Å². The van der Waals surface area contributed by atoms with Gasteiger partial charge in [-0.3, -0.25) is 9.59 Å². The number of hydrogen-bond donors (Lipinski definition) is 3. The average Bonchev–Trinajstić information content (AvgIpc) is 2.88. The third kappa shape index (κ3) is 2.10. The first-order valence-electron chi connectivity index (χ1n) is 10.0. The quantitative estimate of drug-likeness (QED) is 0.680. The zero-order valence-electron chi connectivity index (χ0n) is 16.0. The zero-order valence-corrected chi connectivity index (χ0v) is 16.0. The Morgan fingerprint density at radius 3 is 2.59 bits per heavy atom. The largest absolute Gasteiger partial charge is 0.390 e. The molecule has 3 N–H and O–H groups in total. The molecule has 27 heavy (non-hydrogen) atoms. The van der Waals surface area contributed by atoms with Gasteiger partial charge in [0.1, 0.15) is 17.9 Å². The predicted octanol–water partition coefficient (Wildman–Crippen LogP) is 1.87. The number of carbonyl (C=O) groups is 2. The van der Waals surface area contributed by atoms with Crippen LogP contribution in [-0.4, -0.2) is 50.9 Å². The third-order valence-electron chi connectivity index (χ3n) is 8.80. The van der Waals surface area contributed by atoms with Crippen LogP contribution in [0.1, 0.15) is 58.8 Å². The van der Waals surface area contributed by atoms with E-state index in [9.17, 15) is 24.9 Å². The first-order valence-corrected chi connectivity index (χ1v) is 10.0. The minimum absolute atomic E-state index is 0.0171. The van der Waals surface area contributed by atoms with Crippen molar-refractivity contribution >= 4 is 11.6 Å². The van der Waals surface area contributed by atoms with Gasteiger partial charge >= 0.3 is 0 Å². The molecule has 7 atom stereocenters. The molecule has 0 aliphatic heterocycles. The van der Waals surface area contributed by atoms with Crippen LogP contribution >= 0.6 is 0 Å². The lowest BCUT2D eigenvalue weighted by molar-refractivity contribution is -0.226. The molecule has 0 saturated heterocycles. The van der Waals surface area contributed by atoms with Crippen LogP contribution in [-0.2, 0) is 9.59 Å². The van der Waals surface area contributed by atoms with E-state index in [4.69, 9.17) is 0 Å². The minimum atomic E-state index is -1.88. The fraction of sp³-hybridized carbons (Fsp3) is 0.810. The van der Waals surface area contributed by atoms with Crippen LogP contribution in [0.3, 0.4) is 0 Å². The first kappa shape index (κ1) is 19.2. The van der Waals surface area contributed by atoms with Crippen molar-refractivity contribution in [3.63, 3.8) is 0 Å². The summed E-state index contributed by atoms with van der Waals surface area (Å²) in [6.45, 7) is 2.83. The number of alkyl halides is 1. The second-order valence-corrected chi connectivity index (χ2v) is 9.61. The highest BCUT2D eigenvalue weighted by Gasteiger charge is 2.74. The van der Waals surface area contributed by atoms with Gasteiger partial charge in [0.15, 0.2) is 11.6 Å². The average molecular weight is 380 g/mol. The molecule has 0 spiro atoms. The first-order chi connectivity index (χ1) is 12.5. The maximum atomic E-state index is 16.8. The van der Waals surface area contributed by atoms with Gasteiger partial charge in [-0.1, -0.05) is 19.4 Å². The Kier molecular flexibility index (Phi) is 4.06. The summed E-state index contributed by atoms with van der Waals surface area (Å²) in [5, 5.41) is 31.5. The van der Waals surface area contributed by atoms with E-state index in [2.05, 4.69) is 0 Å². The Hall–Kier alpha value is -1.11. The number of ketones is 2. The van der Waals surface area contributed by atoms with Crippen LogP contribution in [0.15, 0.2) is 11.6 Å². The summed E-state index contributed by atoms with van der Waals surface area (Å²) < 4.78 is 16.8. The Morgan fingerprint density at radius 1 is 1.22 bits per heavy atom. The highest BCUT2D eigenvalue weighted by atomic mass is 19.1. The van der Waals surface area contributed by atoms with Crippen molar-refractivity contribution in [1.29, 1.82) is 0 Å². The molecule has 0 aromatic rings. The van der Waals surface area contributed by atoms with Crippen LogP contribution in [0, 0.1) is 22.7 Å². The van der Waals surface area contributed by atoms with Crippen molar-refractivity contribution in [3.8, 4) is 0 Å². The molecule has 0 bridgehead atoms. The van der Waals surface area contributed by atoms with Gasteiger partial charge in [-0.25, -0.2) is 4.39 Å². The predicted molar refractivity (Wildman–Crippen MR) is 95.5 cm³/mol. The van der Waals surface area contributed by atoms with Crippen LogP contribution in [0.5, 0.6) is 0 Å². The summed E-state index contributed by atoms with van der Waals surface area (Å²) >= 11 is 0. The highest BCUT2D eigenvalue weighted by molar-refractivity contribution is 5.92. The number of aliphatic hydroxyl groups is 3. The van der Waals surface area contributed by atoms with Gasteiger partial charge in [-0.15, -0.1) is 0 Å². The molecule has 3 fully saturated rings. The fourth-order valence-corrected chi connectivity index (χ4v) is 7.16. The number of halogens is 1. The minimum Gasteiger partial charge on any atom is -0.390 e. The summed E-state index contributed by atoms with van der Waals surface area (Å²) in [6, 6.07) is 0. The second-order valence-electron chi connectivity index (χ2n) is 9.61. The molecular weight excluding hydrogens is 351 g/mol. The number of fused-ring (bicyclic) bond motifs is 5. The summed E-state index contributed by atoms with van der Waals surface area (Å²) in [5.74, 6) is -1.36. The lowest BCUT2D eigenvalue weighted by Crippen LogP contribution is -2.69. The number of rotatable bonds is 2. The summed E-state index contributed by atoms with van der Waals surface area (Å²) in [7, 11) is 0. The summed E-state index contributed by atoms with van der Waals surface area (Å²) in [4.78, 5) is 24.2. The molecule has 0 aromatic carbocycles. The van der Waals surface area contributed by atoms with Gasteiger partial charge in [0.25, 0.3) is 0 Å². The Balaban J connectivity index is 1.80. The van der Waals surface area contributed by atoms with E-state index >= 15 is 4.39 Å². The Labute approximate surface area is 158 Å². The van der Waals surface area contributed by atoms with Gasteiger partial charge in [0, 0.05) is 23.2 Å². The van der Waals surface area contributed by atoms with E-state index in [1.54, 1.807) is 13.0 Å². The lowest BCUT2D eigenvalue weighted by Gasteiger charge is -2.63. The molecule has 4 rings (SSSR count). The lowest BCUT2D eigenvalue weighted by atomic mass is 9.44. The Bertz CT molecular complexity index is 734. The van der Waals surface area contributed by atoms with Crippen LogP contribution in [0.4, 0.5) is 4.39 Å². The van der Waals surface area contributed by atoms with Crippen molar-refractivity contribution in [2.45, 2.75) is 76.2 Å². The molecule has 5 nitrogen and oxygen atoms in total. The van der Waals surface area contributed by atoms with Crippen molar-refractivity contribution in [1.82, 2.24) is 0 Å². The molecule has 3 saturated carbocycles. The number of aliphatic hydroxyl groups excluding tert-OH is 2. The molecule has 4 aliphatic rings. The van der Waals surface area contributed by atoms with Crippen molar-refractivity contribution in [2.24, 2.45) is 22.7 Å². The van der Waals surface area contributed by atoms with Gasteiger partial charge in [0.2, 0.25) is 0 Å². The number of Topliss-reactive ketones (excluding diaryl/α,β-unsaturated/α-hetero) is 1. The van der Waals surface area contributed by atoms with Crippen LogP contribution < -0.4 is 0 Å². The maximum Gasteiger partial charge on any atom is 0.190 e. The fourth-order valence-electron chi connectivity index (χ4n) is 7.16. The number of hydrogen-bond acceptors (Lipinski definition) is 5. The standard InChI is InChI=1S/C21H29FO5/c1-18-7-5-13(24)9-12(18)3-4-15-14-6-8-20(27,17(26)11-23)19(14,2)10-16(25)21(15,18)22/h9,14-16,23,25,27H,3-8,10-11H2,1-2H3/t14?,15-,16-,18-,19-,20?,21?/m0/s1. The van der Waals surface area contributed by atoms with Crippen molar-refractivity contribution in [3.05, 3.63) is 11.6 Å². The van der Waals surface area contributed by atoms with Crippen molar-refractivity contribution in [2.75, 3.05) is 6.61 Å². The van der Waals surface area contributed by atoms with Gasteiger partial charge in [-0.05, 0) is 50.5 Å². The molecule has 4 aliphatic carbocycles. The highest BCUT2D eigenvalue weighted by Crippen LogP contribution is 2.70. The molecule has 3 unspecified atom stereocenters. The number of carbonyl (C=O) groups excluding carboxylic acids is 2. The zero-order chi connectivity index (χ0) is 19.8. The van der Waals surface area contributed by atoms with Gasteiger partial charge in [-0.2, -0.15) is 0 Å². The molecule has 150 valence electrons. The van der Waals surface area contributed by atoms with E-state index in [0.717, 1.165) is 5.57 Å². The summed E-state index contributed by atoms with van der Waals surface area (Å²) in [6.07, 6.45) is 2.65. The normalized spacial score (nSPS) is 51.9. The number of allylic oxidation sites excluding steroid dienone is 1.